The van der Waals surface area contributed by atoms with Crippen molar-refractivity contribution in [2.75, 3.05) is 10.7 Å². The second-order valence-corrected chi connectivity index (χ2v) is 2.63. The monoisotopic (exact) mass is 207 g/mol. The molecule has 0 spiro atoms. The first-order valence-electron chi connectivity index (χ1n) is 4.16. The highest BCUT2D eigenvalue weighted by Gasteiger charge is 2.00. The number of hydrazine groups is 1. The largest absolute Gasteiger partial charge is 0.361 e. The Kier molecular flexibility index (Phi) is 2.70. The molecule has 0 bridgehead atoms. The normalized spacial score (nSPS) is 9.93. The van der Waals surface area contributed by atoms with Crippen molar-refractivity contribution in [3.05, 3.63) is 24.6 Å². The van der Waals surface area contributed by atoms with Crippen LogP contribution in [0.15, 0.2) is 23.3 Å². The quantitative estimate of drug-likeness (QED) is 0.464. The fourth-order valence-corrected chi connectivity index (χ4v) is 0.961. The van der Waals surface area contributed by atoms with Crippen LogP contribution in [0.5, 0.6) is 0 Å². The molecule has 2 rings (SSSR count). The van der Waals surface area contributed by atoms with Gasteiger partial charge in [0.05, 0.1) is 18.9 Å². The molecule has 0 amide bonds. The molecule has 0 saturated carbocycles. The molecule has 78 valence electrons. The lowest BCUT2D eigenvalue weighted by atomic mass is 10.5. The Bertz CT molecular complexity index is 415. The van der Waals surface area contributed by atoms with E-state index in [2.05, 4.69) is 35.4 Å². The molecule has 2 aromatic rings. The first-order chi connectivity index (χ1) is 7.38. The highest BCUT2D eigenvalue weighted by molar-refractivity contribution is 5.40. The average molecular weight is 207 g/mol. The Morgan fingerprint density at radius 2 is 2.20 bits per heavy atom. The molecule has 0 radical (unpaired) electrons. The minimum Gasteiger partial charge on any atom is -0.361 e. The van der Waals surface area contributed by atoms with Crippen LogP contribution in [0.1, 0.15) is 5.82 Å². The van der Waals surface area contributed by atoms with Crippen molar-refractivity contribution < 1.29 is 4.52 Å². The van der Waals surface area contributed by atoms with E-state index < -0.39 is 0 Å². The number of hydrogen-bond acceptors (Lipinski definition) is 8. The van der Waals surface area contributed by atoms with Gasteiger partial charge in [0.25, 0.3) is 0 Å². The second kappa shape index (κ2) is 4.33. The molecule has 15 heavy (non-hydrogen) atoms. The molecule has 2 heterocycles. The lowest BCUT2D eigenvalue weighted by molar-refractivity contribution is 0.411. The topological polar surface area (TPSA) is 115 Å². The minimum absolute atomic E-state index is 0.416. The lowest BCUT2D eigenvalue weighted by Gasteiger charge is -2.03. The maximum atomic E-state index is 5.19. The van der Waals surface area contributed by atoms with Crippen LogP contribution in [-0.2, 0) is 6.54 Å². The zero-order chi connectivity index (χ0) is 10.5. The van der Waals surface area contributed by atoms with Crippen molar-refractivity contribution >= 4 is 11.6 Å². The van der Waals surface area contributed by atoms with Crippen LogP contribution in [-0.4, -0.2) is 20.1 Å². The van der Waals surface area contributed by atoms with Crippen LogP contribution < -0.4 is 16.6 Å². The van der Waals surface area contributed by atoms with Crippen LogP contribution in [0.25, 0.3) is 0 Å². The first-order valence-corrected chi connectivity index (χ1v) is 4.16. The fraction of sp³-hybridized carbons (Fsp3) is 0.143. The number of nitrogen functional groups attached to an aromatic ring is 1. The third kappa shape index (κ3) is 2.38. The number of anilines is 2. The van der Waals surface area contributed by atoms with Gasteiger partial charge < -0.3 is 15.3 Å². The number of nitrogens with two attached hydrogens (primary N) is 1. The number of hydrogen-bond donors (Lipinski definition) is 3. The molecule has 0 unspecified atom stereocenters. The van der Waals surface area contributed by atoms with Crippen molar-refractivity contribution in [1.82, 2.24) is 20.1 Å². The smallest absolute Gasteiger partial charge is 0.213 e. The van der Waals surface area contributed by atoms with Gasteiger partial charge in [0.2, 0.25) is 6.39 Å². The van der Waals surface area contributed by atoms with E-state index >= 15 is 0 Å². The zero-order valence-corrected chi connectivity index (χ0v) is 7.71. The van der Waals surface area contributed by atoms with E-state index in [4.69, 9.17) is 5.84 Å². The first kappa shape index (κ1) is 9.34. The van der Waals surface area contributed by atoms with E-state index in [0.29, 0.717) is 24.0 Å². The van der Waals surface area contributed by atoms with Crippen molar-refractivity contribution in [3.63, 3.8) is 0 Å². The van der Waals surface area contributed by atoms with E-state index in [1.807, 2.05) is 0 Å². The fourth-order valence-electron chi connectivity index (χ4n) is 0.961. The SMILES string of the molecule is NNc1cncc(NCc2ncon2)n1. The molecule has 0 aromatic carbocycles. The molecule has 0 atom stereocenters. The molecular weight excluding hydrogens is 198 g/mol. The predicted molar refractivity (Wildman–Crippen MR) is 51.5 cm³/mol. The maximum absolute atomic E-state index is 5.19. The van der Waals surface area contributed by atoms with Gasteiger partial charge in [-0.15, -0.1) is 0 Å². The summed E-state index contributed by atoms with van der Waals surface area (Å²) in [5, 5.41) is 6.60. The van der Waals surface area contributed by atoms with Crippen LogP contribution in [0.4, 0.5) is 11.6 Å². The van der Waals surface area contributed by atoms with Gasteiger partial charge in [-0.25, -0.2) is 10.8 Å². The molecule has 8 heteroatoms. The second-order valence-electron chi connectivity index (χ2n) is 2.63. The zero-order valence-electron chi connectivity index (χ0n) is 7.71. The van der Waals surface area contributed by atoms with Gasteiger partial charge in [-0.1, -0.05) is 5.16 Å². The molecule has 0 fully saturated rings. The van der Waals surface area contributed by atoms with Gasteiger partial charge in [0.1, 0.15) is 5.82 Å². The minimum atomic E-state index is 0.416. The maximum Gasteiger partial charge on any atom is 0.213 e. The van der Waals surface area contributed by atoms with Crippen LogP contribution in [0, 0.1) is 0 Å². The van der Waals surface area contributed by atoms with E-state index in [1.54, 1.807) is 6.20 Å². The Morgan fingerprint density at radius 1 is 1.33 bits per heavy atom. The van der Waals surface area contributed by atoms with E-state index in [9.17, 15) is 0 Å². The summed E-state index contributed by atoms with van der Waals surface area (Å²) < 4.78 is 4.58. The van der Waals surface area contributed by atoms with Gasteiger partial charge in [-0.3, -0.25) is 4.98 Å². The molecule has 0 aliphatic heterocycles. The number of aromatic nitrogens is 4. The molecule has 2 aromatic heterocycles. The Balaban J connectivity index is 1.98. The lowest BCUT2D eigenvalue weighted by Crippen LogP contribution is -2.10. The van der Waals surface area contributed by atoms with E-state index in [-0.39, 0.29) is 0 Å². The van der Waals surface area contributed by atoms with Gasteiger partial charge >= 0.3 is 0 Å². The third-order valence-corrected chi connectivity index (χ3v) is 1.62. The number of nitrogens with zero attached hydrogens (tertiary/aromatic N) is 4. The Labute approximate surface area is 84.9 Å². The van der Waals surface area contributed by atoms with Crippen LogP contribution in [0.2, 0.25) is 0 Å². The van der Waals surface area contributed by atoms with Crippen LogP contribution >= 0.6 is 0 Å². The van der Waals surface area contributed by atoms with Gasteiger partial charge in [0, 0.05) is 0 Å². The van der Waals surface area contributed by atoms with Gasteiger partial charge in [-0.2, -0.15) is 4.98 Å². The molecular formula is C7H9N7O. The summed E-state index contributed by atoms with van der Waals surface area (Å²) in [7, 11) is 0. The van der Waals surface area contributed by atoms with E-state index in [1.165, 1.54) is 12.6 Å². The molecule has 0 aliphatic carbocycles. The Morgan fingerprint density at radius 3 is 2.93 bits per heavy atom. The predicted octanol–water partition coefficient (Wildman–Crippen LogP) is -0.243. The number of rotatable bonds is 4. The van der Waals surface area contributed by atoms with Gasteiger partial charge in [-0.05, 0) is 0 Å². The summed E-state index contributed by atoms with van der Waals surface area (Å²) >= 11 is 0. The summed E-state index contributed by atoms with van der Waals surface area (Å²) in [5.41, 5.74) is 2.40. The third-order valence-electron chi connectivity index (χ3n) is 1.62. The molecule has 8 nitrogen and oxygen atoms in total. The van der Waals surface area contributed by atoms with Crippen LogP contribution in [0.3, 0.4) is 0 Å². The summed E-state index contributed by atoms with van der Waals surface area (Å²) in [6, 6.07) is 0. The summed E-state index contributed by atoms with van der Waals surface area (Å²) in [4.78, 5) is 11.9. The average Bonchev–Trinajstić information content (AvgIpc) is 2.79. The van der Waals surface area contributed by atoms with Crippen molar-refractivity contribution in [3.8, 4) is 0 Å². The highest BCUT2D eigenvalue weighted by atomic mass is 16.5. The molecule has 4 N–H and O–H groups in total. The van der Waals surface area contributed by atoms with Crippen molar-refractivity contribution in [1.29, 1.82) is 0 Å². The molecule has 0 saturated heterocycles. The summed E-state index contributed by atoms with van der Waals surface area (Å²) in [6.45, 7) is 0.416. The summed E-state index contributed by atoms with van der Waals surface area (Å²) in [5.74, 6) is 6.79. The van der Waals surface area contributed by atoms with Crippen molar-refractivity contribution in [2.24, 2.45) is 5.84 Å². The number of nitrogens with one attached hydrogen (secondary N) is 2. The summed E-state index contributed by atoms with van der Waals surface area (Å²) in [6.07, 6.45) is 4.35. The Hall–Kier alpha value is -2.22. The molecule has 0 aliphatic rings. The highest BCUT2D eigenvalue weighted by Crippen LogP contribution is 2.05. The van der Waals surface area contributed by atoms with Gasteiger partial charge in [0.15, 0.2) is 11.6 Å². The van der Waals surface area contributed by atoms with Crippen molar-refractivity contribution in [2.45, 2.75) is 6.54 Å². The standard InChI is InChI=1S/C7H9N7O/c8-13-7-2-9-1-5(12-7)10-3-6-11-4-15-14-6/h1-2,4H,3,8H2,(H2,10,12,13). The van der Waals surface area contributed by atoms with E-state index in [0.717, 1.165) is 0 Å².